The summed E-state index contributed by atoms with van der Waals surface area (Å²) in [7, 11) is -3.35. The molecule has 0 radical (unpaired) electrons. The molecule has 1 aromatic rings. The van der Waals surface area contributed by atoms with E-state index < -0.39 is 33.0 Å². The van der Waals surface area contributed by atoms with Gasteiger partial charge in [-0.25, -0.2) is 8.42 Å². The van der Waals surface area contributed by atoms with Crippen molar-refractivity contribution in [3.05, 3.63) is 35.4 Å². The zero-order valence-electron chi connectivity index (χ0n) is 11.0. The standard InChI is InChI=1S/C14H17NO3S/c1-3-19(17,18)13-12(14(13,8-15)9-16)11-6-4-10(2)5-7-11/h4-7,12-13,16H,3,9H2,1-2H3. The normalized spacial score (nSPS) is 29.8. The van der Waals surface area contributed by atoms with Gasteiger partial charge in [0.2, 0.25) is 0 Å². The van der Waals surface area contributed by atoms with Gasteiger partial charge >= 0.3 is 0 Å². The van der Waals surface area contributed by atoms with Gasteiger partial charge in [-0.05, 0) is 12.5 Å². The van der Waals surface area contributed by atoms with Gasteiger partial charge in [0, 0.05) is 11.7 Å². The lowest BCUT2D eigenvalue weighted by molar-refractivity contribution is 0.242. The van der Waals surface area contributed by atoms with Crippen molar-refractivity contribution in [3.8, 4) is 6.07 Å². The summed E-state index contributed by atoms with van der Waals surface area (Å²) in [5.41, 5.74) is 0.707. The average molecular weight is 279 g/mol. The largest absolute Gasteiger partial charge is 0.395 e. The number of hydrogen-bond acceptors (Lipinski definition) is 4. The van der Waals surface area contributed by atoms with Crippen LogP contribution in [0.3, 0.4) is 0 Å². The Bertz CT molecular complexity index is 615. The number of aliphatic hydroxyl groups excluding tert-OH is 1. The van der Waals surface area contributed by atoms with Crippen LogP contribution in [0.1, 0.15) is 24.0 Å². The Morgan fingerprint density at radius 3 is 2.37 bits per heavy atom. The van der Waals surface area contributed by atoms with E-state index in [0.717, 1.165) is 11.1 Å². The third kappa shape index (κ3) is 2.05. The number of nitrogens with zero attached hydrogens (tertiary/aromatic N) is 1. The third-order valence-electron chi connectivity index (χ3n) is 3.95. The lowest BCUT2D eigenvalue weighted by Gasteiger charge is -2.04. The van der Waals surface area contributed by atoms with Crippen LogP contribution in [0.2, 0.25) is 0 Å². The molecule has 1 aliphatic carbocycles. The van der Waals surface area contributed by atoms with Crippen molar-refractivity contribution >= 4 is 9.84 Å². The van der Waals surface area contributed by atoms with Gasteiger partial charge in [0.1, 0.15) is 5.41 Å². The van der Waals surface area contributed by atoms with Gasteiger partial charge in [0.15, 0.2) is 9.84 Å². The molecule has 102 valence electrons. The molecule has 1 aromatic carbocycles. The first-order valence-electron chi connectivity index (χ1n) is 6.23. The van der Waals surface area contributed by atoms with Crippen molar-refractivity contribution < 1.29 is 13.5 Å². The molecular formula is C14H17NO3S. The molecule has 1 N–H and O–H groups in total. The Morgan fingerprint density at radius 2 is 1.95 bits per heavy atom. The highest BCUT2D eigenvalue weighted by atomic mass is 32.2. The second-order valence-corrected chi connectivity index (χ2v) is 7.48. The lowest BCUT2D eigenvalue weighted by Crippen LogP contribution is -2.19. The van der Waals surface area contributed by atoms with E-state index in [1.165, 1.54) is 0 Å². The maximum Gasteiger partial charge on any atom is 0.155 e. The Labute approximate surface area is 113 Å². The van der Waals surface area contributed by atoms with E-state index in [1.54, 1.807) is 6.92 Å². The highest BCUT2D eigenvalue weighted by molar-refractivity contribution is 7.92. The van der Waals surface area contributed by atoms with Gasteiger partial charge < -0.3 is 5.11 Å². The molecule has 19 heavy (non-hydrogen) atoms. The summed E-state index contributed by atoms with van der Waals surface area (Å²) in [5.74, 6) is -0.434. The highest BCUT2D eigenvalue weighted by Crippen LogP contribution is 2.62. The summed E-state index contributed by atoms with van der Waals surface area (Å²) in [6, 6.07) is 9.49. The van der Waals surface area contributed by atoms with Crippen LogP contribution in [0, 0.1) is 23.7 Å². The Morgan fingerprint density at radius 1 is 1.37 bits per heavy atom. The lowest BCUT2D eigenvalue weighted by atomic mass is 10.0. The fourth-order valence-corrected chi connectivity index (χ4v) is 4.72. The number of rotatable bonds is 4. The van der Waals surface area contributed by atoms with Gasteiger partial charge in [0.05, 0.1) is 17.9 Å². The van der Waals surface area contributed by atoms with Crippen molar-refractivity contribution in [1.29, 1.82) is 5.26 Å². The Kier molecular flexibility index (Phi) is 3.41. The van der Waals surface area contributed by atoms with Gasteiger partial charge in [-0.2, -0.15) is 5.26 Å². The molecule has 0 amide bonds. The van der Waals surface area contributed by atoms with Crippen LogP contribution in [-0.2, 0) is 9.84 Å². The van der Waals surface area contributed by atoms with Gasteiger partial charge in [-0.15, -0.1) is 0 Å². The SMILES string of the molecule is CCS(=O)(=O)C1C(c2ccc(C)cc2)C1(C#N)CO. The van der Waals surface area contributed by atoms with Crippen LogP contribution in [0.5, 0.6) is 0 Å². The topological polar surface area (TPSA) is 78.2 Å². The molecule has 0 aliphatic heterocycles. The number of sulfone groups is 1. The molecule has 0 heterocycles. The Balaban J connectivity index is 2.46. The smallest absolute Gasteiger partial charge is 0.155 e. The fraction of sp³-hybridized carbons (Fsp3) is 0.500. The summed E-state index contributed by atoms with van der Waals surface area (Å²) in [6.45, 7) is 3.09. The van der Waals surface area contributed by atoms with E-state index in [9.17, 15) is 18.8 Å². The number of nitriles is 1. The quantitative estimate of drug-likeness (QED) is 0.903. The van der Waals surface area contributed by atoms with Gasteiger partial charge in [-0.3, -0.25) is 0 Å². The molecule has 1 aliphatic rings. The Hall–Kier alpha value is -1.38. The molecular weight excluding hydrogens is 262 g/mol. The summed E-state index contributed by atoms with van der Waals surface area (Å²) < 4.78 is 24.2. The zero-order chi connectivity index (χ0) is 14.3. The first-order valence-corrected chi connectivity index (χ1v) is 7.94. The van der Waals surface area contributed by atoms with Crippen LogP contribution in [0.4, 0.5) is 0 Å². The monoisotopic (exact) mass is 279 g/mol. The molecule has 2 rings (SSSR count). The van der Waals surface area contributed by atoms with Crippen molar-refractivity contribution in [2.75, 3.05) is 12.4 Å². The summed E-state index contributed by atoms with van der Waals surface area (Å²) in [5, 5.41) is 18.0. The zero-order valence-corrected chi connectivity index (χ0v) is 11.8. The number of aryl methyl sites for hydroxylation is 1. The van der Waals surface area contributed by atoms with Crippen LogP contribution in [0.25, 0.3) is 0 Å². The first kappa shape index (κ1) is 14.0. The van der Waals surface area contributed by atoms with Crippen LogP contribution < -0.4 is 0 Å². The average Bonchev–Trinajstić information content (AvgIpc) is 3.10. The van der Waals surface area contributed by atoms with Crippen LogP contribution in [0.15, 0.2) is 24.3 Å². The van der Waals surface area contributed by atoms with Crippen molar-refractivity contribution in [2.45, 2.75) is 25.0 Å². The molecule has 0 saturated heterocycles. The predicted molar refractivity (Wildman–Crippen MR) is 72.3 cm³/mol. The summed E-state index contributed by atoms with van der Waals surface area (Å²) in [6.07, 6.45) is 0. The molecule has 5 heteroatoms. The summed E-state index contributed by atoms with van der Waals surface area (Å²) in [4.78, 5) is 0. The molecule has 4 nitrogen and oxygen atoms in total. The second kappa shape index (κ2) is 4.62. The van der Waals surface area contributed by atoms with E-state index in [0.29, 0.717) is 0 Å². The molecule has 0 spiro atoms. The van der Waals surface area contributed by atoms with E-state index in [4.69, 9.17) is 0 Å². The molecule has 0 aromatic heterocycles. The minimum atomic E-state index is -3.35. The first-order chi connectivity index (χ1) is 8.93. The van der Waals surface area contributed by atoms with E-state index in [-0.39, 0.29) is 5.75 Å². The van der Waals surface area contributed by atoms with E-state index in [2.05, 4.69) is 0 Å². The number of hydrogen-bond donors (Lipinski definition) is 1. The van der Waals surface area contributed by atoms with Crippen LogP contribution in [-0.4, -0.2) is 31.1 Å². The maximum absolute atomic E-state index is 12.1. The van der Waals surface area contributed by atoms with Gasteiger partial charge in [-0.1, -0.05) is 36.8 Å². The van der Waals surface area contributed by atoms with Gasteiger partial charge in [0.25, 0.3) is 0 Å². The van der Waals surface area contributed by atoms with Crippen LogP contribution >= 0.6 is 0 Å². The molecule has 3 atom stereocenters. The minimum absolute atomic E-state index is 0.0105. The van der Waals surface area contributed by atoms with E-state index in [1.807, 2.05) is 37.3 Å². The van der Waals surface area contributed by atoms with Crippen molar-refractivity contribution in [3.63, 3.8) is 0 Å². The van der Waals surface area contributed by atoms with Crippen molar-refractivity contribution in [2.24, 2.45) is 5.41 Å². The highest BCUT2D eigenvalue weighted by Gasteiger charge is 2.71. The maximum atomic E-state index is 12.1. The number of benzene rings is 1. The predicted octanol–water partition coefficient (Wildman–Crippen LogP) is 1.40. The second-order valence-electron chi connectivity index (χ2n) is 5.07. The molecule has 3 unspecified atom stereocenters. The molecule has 0 bridgehead atoms. The molecule has 1 saturated carbocycles. The fourth-order valence-electron chi connectivity index (χ4n) is 2.71. The third-order valence-corrected chi connectivity index (χ3v) is 6.22. The molecule has 1 fully saturated rings. The van der Waals surface area contributed by atoms with Crippen molar-refractivity contribution in [1.82, 2.24) is 0 Å². The minimum Gasteiger partial charge on any atom is -0.395 e. The number of aliphatic hydroxyl groups is 1. The van der Waals surface area contributed by atoms with E-state index >= 15 is 0 Å². The summed E-state index contributed by atoms with van der Waals surface area (Å²) >= 11 is 0.